The summed E-state index contributed by atoms with van der Waals surface area (Å²) < 4.78 is 30.5. The molecule has 0 amide bonds. The van der Waals surface area contributed by atoms with Gasteiger partial charge in [0.1, 0.15) is 38.5 Å². The highest BCUT2D eigenvalue weighted by atomic mass is 32.1. The Hall–Kier alpha value is -14.6. The molecule has 0 bridgehead atoms. The topological polar surface area (TPSA) is 246 Å². The number of aryl methyl sites for hydroxylation is 5. The third-order valence-corrected chi connectivity index (χ3v) is 32.5. The van der Waals surface area contributed by atoms with E-state index in [-0.39, 0.29) is 95.3 Å². The molecule has 5 fully saturated rings. The van der Waals surface area contributed by atoms with Gasteiger partial charge in [-0.3, -0.25) is 52.5 Å². The monoisotopic (exact) mass is 1930 g/mol. The minimum Gasteiger partial charge on any atom is -0.463 e. The Labute approximate surface area is 825 Å². The minimum atomic E-state index is -0.211. The number of hydrogen-bond acceptors (Lipinski definition) is 14. The van der Waals surface area contributed by atoms with E-state index in [0.717, 1.165) is 193 Å². The van der Waals surface area contributed by atoms with Gasteiger partial charge in [-0.15, -0.1) is 22.7 Å². The van der Waals surface area contributed by atoms with Gasteiger partial charge in [0.15, 0.2) is 0 Å². The second kappa shape index (κ2) is 40.2. The number of rotatable bonds is 10. The highest BCUT2D eigenvalue weighted by molar-refractivity contribution is 7.13. The van der Waals surface area contributed by atoms with Crippen molar-refractivity contribution in [3.05, 3.63) is 362 Å². The molecular formula is C118H114N10O12S2. The van der Waals surface area contributed by atoms with Crippen LogP contribution in [-0.4, -0.2) is 45.7 Å². The van der Waals surface area contributed by atoms with Crippen LogP contribution in [0.5, 0.6) is 0 Å². The van der Waals surface area contributed by atoms with Crippen LogP contribution in [0.4, 0.5) is 0 Å². The molecule has 5 saturated carbocycles. The van der Waals surface area contributed by atoms with Crippen molar-refractivity contribution in [3.8, 4) is 49.7 Å². The zero-order valence-electron chi connectivity index (χ0n) is 80.7. The van der Waals surface area contributed by atoms with Crippen molar-refractivity contribution >= 4 is 132 Å². The fourth-order valence-electron chi connectivity index (χ4n) is 23.5. The van der Waals surface area contributed by atoms with Crippen LogP contribution in [0.3, 0.4) is 0 Å². The molecule has 14 heterocycles. The first-order valence-electron chi connectivity index (χ1n) is 50.4. The van der Waals surface area contributed by atoms with E-state index in [2.05, 4.69) is 24.3 Å². The summed E-state index contributed by atoms with van der Waals surface area (Å²) in [6, 6.07) is 73.4. The highest BCUT2D eigenvalue weighted by Gasteiger charge is 2.33. The first-order chi connectivity index (χ1) is 69.3. The van der Waals surface area contributed by atoms with Crippen molar-refractivity contribution < 1.29 is 8.83 Å². The number of para-hydroxylation sites is 6. The number of hydrogen-bond donors (Lipinski definition) is 0. The van der Waals surface area contributed by atoms with Gasteiger partial charge in [-0.1, -0.05) is 194 Å². The molecule has 5 aliphatic rings. The molecule has 0 N–H and O–H groups in total. The zero-order valence-corrected chi connectivity index (χ0v) is 82.3. The number of aromatic nitrogens is 10. The number of thiophene rings is 2. The summed E-state index contributed by atoms with van der Waals surface area (Å²) in [5, 5.41) is 8.47. The molecule has 0 spiro atoms. The Morgan fingerprint density at radius 2 is 0.507 bits per heavy atom. The van der Waals surface area contributed by atoms with Crippen LogP contribution in [0.2, 0.25) is 0 Å². The molecule has 0 unspecified atom stereocenters. The van der Waals surface area contributed by atoms with E-state index in [1.807, 2.05) is 275 Å². The normalized spacial score (nSPS) is 15.5. The smallest absolute Gasteiger partial charge is 0.268 e. The summed E-state index contributed by atoms with van der Waals surface area (Å²) in [5.74, 6) is 1.66. The summed E-state index contributed by atoms with van der Waals surface area (Å²) >= 11 is 3.28. The molecule has 0 atom stereocenters. The van der Waals surface area contributed by atoms with E-state index in [0.29, 0.717) is 77.2 Å². The largest absolute Gasteiger partial charge is 0.463 e. The summed E-state index contributed by atoms with van der Waals surface area (Å²) in [4.78, 5) is 137. The van der Waals surface area contributed by atoms with Crippen LogP contribution in [0.25, 0.3) is 159 Å². The van der Waals surface area contributed by atoms with Gasteiger partial charge in [-0.25, -0.2) is 0 Å². The molecular weight excluding hydrogens is 1810 g/mol. The molecule has 142 heavy (non-hydrogen) atoms. The Bertz CT molecular complexity index is 8490. The Morgan fingerprint density at radius 1 is 0.246 bits per heavy atom. The molecule has 0 radical (unpaired) electrons. The van der Waals surface area contributed by atoms with E-state index in [1.54, 1.807) is 58.0 Å². The Morgan fingerprint density at radius 3 is 0.796 bits per heavy atom. The maximum absolute atomic E-state index is 13.8. The number of furan rings is 2. The minimum absolute atomic E-state index is 0.0886. The highest BCUT2D eigenvalue weighted by Crippen LogP contribution is 2.42. The van der Waals surface area contributed by atoms with Gasteiger partial charge in [0, 0.05) is 97.7 Å². The SMILES string of the molecule is Cn1c2ccccc2c(=O)c2c(=O)n(-c3ccccc3)c(C3CCCC3)cc21.Cn1c2ccccc2c(=O)c2c(=O)n(C3CCCCC3)c(-c3ccco3)cc21.Cn1c2ccccc2c(=O)c2c(=O)n(C3CCCCC3)c(-c3cccs3)cc21.Cn1c2ccccc2c(=O)c2c(=O)n(C3CCCCCC3)c(-c3ccco3)cc21.Cn1c2ccccc2c(=O)c2c(=O)n(C3CCCCCC3)c(-c3cccs3)cc21. The van der Waals surface area contributed by atoms with E-state index >= 15 is 0 Å². The lowest BCUT2D eigenvalue weighted by molar-refractivity contribution is 0.348. The van der Waals surface area contributed by atoms with Gasteiger partial charge >= 0.3 is 0 Å². The maximum atomic E-state index is 13.8. The van der Waals surface area contributed by atoms with E-state index in [4.69, 9.17) is 8.83 Å². The standard InChI is InChI=1S/C24H24N2O3.C24H24N2O2S.C24H22N2O2.C23H22N2O3.C23H22N2O2S/c2*1-25-18-12-7-6-11-17(18)23(27)22-20(25)15-19(21-13-8-14-29-21)26(24(22)28)16-9-4-2-3-5-10-16;1-25-19-14-8-7-13-18(19)23(27)22-21(25)15-20(16-9-5-6-10-16)26(24(22)28)17-11-3-2-4-12-17;2*1-24-17-11-6-5-10-16(17)22(26)21-19(24)14-18(20-12-7-13-28-20)25(23(21)27)15-8-3-2-4-9-15/h2*6-8,11-16H,2-5,9-10H2,1H3;2-4,7-8,11-16H,5-6,9-10H2,1H3;2*5-7,10-15H,2-4,8-9H2,1H3. The quantitative estimate of drug-likeness (QED) is 0.0916. The average Bonchev–Trinajstić information content (AvgIpc) is 0.869. The van der Waals surface area contributed by atoms with Crippen molar-refractivity contribution in [1.29, 1.82) is 0 Å². The molecule has 5 aliphatic carbocycles. The molecule has 25 rings (SSSR count). The number of benzene rings is 6. The Balaban J connectivity index is 0.000000105. The number of fused-ring (bicyclic) bond motifs is 10. The third kappa shape index (κ3) is 17.0. The molecule has 20 aromatic rings. The van der Waals surface area contributed by atoms with Crippen molar-refractivity contribution in [2.24, 2.45) is 35.2 Å². The Kier molecular flexibility index (Phi) is 26.5. The van der Waals surface area contributed by atoms with Gasteiger partial charge < -0.3 is 49.9 Å². The van der Waals surface area contributed by atoms with Crippen LogP contribution in [-0.2, 0) is 35.2 Å². The van der Waals surface area contributed by atoms with E-state index in [1.165, 1.54) is 51.4 Å². The van der Waals surface area contributed by atoms with Crippen molar-refractivity contribution in [2.75, 3.05) is 0 Å². The summed E-state index contributed by atoms with van der Waals surface area (Å²) in [5.41, 5.74) is 11.1. The lowest BCUT2D eigenvalue weighted by atomic mass is 9.94. The number of pyridine rings is 10. The molecule has 0 saturated heterocycles. The van der Waals surface area contributed by atoms with Crippen LogP contribution in [0, 0.1) is 0 Å². The lowest BCUT2D eigenvalue weighted by Gasteiger charge is -2.27. The fourth-order valence-corrected chi connectivity index (χ4v) is 25.0. The summed E-state index contributed by atoms with van der Waals surface area (Å²) in [6.45, 7) is 0. The predicted octanol–water partition coefficient (Wildman–Crippen LogP) is 24.7. The van der Waals surface area contributed by atoms with Gasteiger partial charge in [-0.05, 0) is 220 Å². The first kappa shape index (κ1) is 93.7. The first-order valence-corrected chi connectivity index (χ1v) is 52.2. The molecule has 0 aliphatic heterocycles. The molecule has 14 aromatic heterocycles. The van der Waals surface area contributed by atoms with Gasteiger partial charge in [0.2, 0.25) is 27.1 Å². The number of nitrogens with zero attached hydrogens (tertiary/aromatic N) is 10. The molecule has 6 aromatic carbocycles. The van der Waals surface area contributed by atoms with Crippen molar-refractivity contribution in [2.45, 2.75) is 197 Å². The summed E-state index contributed by atoms with van der Waals surface area (Å²) in [6.07, 6.45) is 31.8. The summed E-state index contributed by atoms with van der Waals surface area (Å²) in [7, 11) is 9.63. The van der Waals surface area contributed by atoms with Crippen molar-refractivity contribution in [1.82, 2.24) is 45.7 Å². The maximum Gasteiger partial charge on any atom is 0.268 e. The average molecular weight is 1930 g/mol. The van der Waals surface area contributed by atoms with Gasteiger partial charge in [0.25, 0.3) is 27.8 Å². The van der Waals surface area contributed by atoms with Crippen LogP contribution >= 0.6 is 22.7 Å². The third-order valence-electron chi connectivity index (χ3n) is 30.7. The van der Waals surface area contributed by atoms with E-state index in [9.17, 15) is 47.9 Å². The van der Waals surface area contributed by atoms with E-state index < -0.39 is 0 Å². The van der Waals surface area contributed by atoms with Crippen molar-refractivity contribution in [3.63, 3.8) is 0 Å². The van der Waals surface area contributed by atoms with Gasteiger partial charge in [0.05, 0.1) is 100 Å². The van der Waals surface area contributed by atoms with Crippen LogP contribution in [0.1, 0.15) is 203 Å². The molecule has 22 nitrogen and oxygen atoms in total. The van der Waals surface area contributed by atoms with Crippen LogP contribution in [0.15, 0.2) is 311 Å². The van der Waals surface area contributed by atoms with Gasteiger partial charge in [-0.2, -0.15) is 0 Å². The second-order valence-corrected chi connectivity index (χ2v) is 40.9. The van der Waals surface area contributed by atoms with Crippen LogP contribution < -0.4 is 54.9 Å². The second-order valence-electron chi connectivity index (χ2n) is 39.0. The zero-order chi connectivity index (χ0) is 97.7. The molecule has 720 valence electrons. The predicted molar refractivity (Wildman–Crippen MR) is 577 cm³/mol. The molecule has 24 heteroatoms. The fraction of sp³-hybridized carbons (Fsp3) is 0.305. The lowest BCUT2D eigenvalue weighted by Crippen LogP contribution is -2.31.